The number of carbonyl (C=O) groups excluding carboxylic acids is 1. The Morgan fingerprint density at radius 2 is 1.90 bits per heavy atom. The number of aromatic nitrogens is 3. The molecule has 0 aliphatic heterocycles. The van der Waals surface area contributed by atoms with Crippen LogP contribution in [0.4, 0.5) is 28.8 Å². The molecule has 11 heteroatoms. The zero-order valence-corrected chi connectivity index (χ0v) is 15.3. The van der Waals surface area contributed by atoms with Crippen molar-refractivity contribution in [1.29, 1.82) is 0 Å². The highest BCUT2D eigenvalue weighted by atomic mass is 32.1. The van der Waals surface area contributed by atoms with E-state index in [1.54, 1.807) is 24.4 Å². The molecule has 3 N–H and O–H groups in total. The molecule has 148 valence electrons. The van der Waals surface area contributed by atoms with Gasteiger partial charge in [-0.15, -0.1) is 23.4 Å². The van der Waals surface area contributed by atoms with Gasteiger partial charge in [0, 0.05) is 22.8 Å². The maximum atomic E-state index is 12.6. The summed E-state index contributed by atoms with van der Waals surface area (Å²) in [6, 6.07) is 12.2. The van der Waals surface area contributed by atoms with Crippen LogP contribution in [0.2, 0.25) is 0 Å². The highest BCUT2D eigenvalue weighted by Gasteiger charge is 2.32. The number of H-pyrrole nitrogens is 1. The predicted octanol–water partition coefficient (Wildman–Crippen LogP) is 5.23. The van der Waals surface area contributed by atoms with Gasteiger partial charge >= 0.3 is 12.4 Å². The lowest BCUT2D eigenvalue weighted by Gasteiger charge is -2.11. The van der Waals surface area contributed by atoms with Crippen LogP contribution < -0.4 is 15.4 Å². The van der Waals surface area contributed by atoms with Gasteiger partial charge in [0.1, 0.15) is 5.75 Å². The summed E-state index contributed by atoms with van der Waals surface area (Å²) in [6.07, 6.45) is -3.04. The van der Waals surface area contributed by atoms with Crippen molar-refractivity contribution in [3.8, 4) is 16.3 Å². The summed E-state index contributed by atoms with van der Waals surface area (Å²) in [5.41, 5.74) is 1.63. The molecule has 29 heavy (non-hydrogen) atoms. The summed E-state index contributed by atoms with van der Waals surface area (Å²) >= 11 is 0.922. The molecular weight excluding hydrogens is 407 g/mol. The maximum absolute atomic E-state index is 12.6. The predicted molar refractivity (Wildman–Crippen MR) is 103 cm³/mol. The van der Waals surface area contributed by atoms with E-state index in [1.165, 1.54) is 18.2 Å². The van der Waals surface area contributed by atoms with Crippen LogP contribution in [0.25, 0.3) is 21.5 Å². The van der Waals surface area contributed by atoms with Gasteiger partial charge in [-0.1, -0.05) is 23.5 Å². The minimum Gasteiger partial charge on any atom is -0.405 e. The number of nitrogens with one attached hydrogen (secondary N) is 3. The highest BCUT2D eigenvalue weighted by Crippen LogP contribution is 2.36. The third kappa shape index (κ3) is 4.46. The van der Waals surface area contributed by atoms with Crippen LogP contribution in [-0.2, 0) is 0 Å². The van der Waals surface area contributed by atoms with Crippen LogP contribution in [-0.4, -0.2) is 27.6 Å². The second-order valence-corrected chi connectivity index (χ2v) is 6.79. The molecule has 0 atom stereocenters. The lowest BCUT2D eigenvalue weighted by molar-refractivity contribution is -0.274. The second-order valence-electron chi connectivity index (χ2n) is 5.82. The molecule has 4 aromatic rings. The van der Waals surface area contributed by atoms with Gasteiger partial charge in [0.2, 0.25) is 5.13 Å². The number of aromatic amines is 1. The Morgan fingerprint density at radius 3 is 2.72 bits per heavy atom. The van der Waals surface area contributed by atoms with Crippen molar-refractivity contribution in [2.75, 3.05) is 10.6 Å². The molecule has 0 saturated carbocycles. The highest BCUT2D eigenvalue weighted by molar-refractivity contribution is 7.18. The SMILES string of the molecule is O=C(Nc1ccc2[nH]ccc2c1)Nc1nnc(-c2ccccc2OC(F)(F)F)s1. The van der Waals surface area contributed by atoms with Crippen molar-refractivity contribution in [2.45, 2.75) is 6.36 Å². The average molecular weight is 419 g/mol. The Kier molecular flexibility index (Phi) is 4.80. The molecule has 2 heterocycles. The minimum absolute atomic E-state index is 0.119. The molecule has 2 aromatic carbocycles. The van der Waals surface area contributed by atoms with Gasteiger partial charge in [0.05, 0.1) is 5.56 Å². The average Bonchev–Trinajstić information content (AvgIpc) is 3.29. The largest absolute Gasteiger partial charge is 0.573 e. The summed E-state index contributed by atoms with van der Waals surface area (Å²) in [5, 5.41) is 14.1. The van der Waals surface area contributed by atoms with Crippen molar-refractivity contribution in [1.82, 2.24) is 15.2 Å². The van der Waals surface area contributed by atoms with Crippen molar-refractivity contribution >= 4 is 39.1 Å². The number of rotatable bonds is 4. The Balaban J connectivity index is 1.47. The van der Waals surface area contributed by atoms with Crippen molar-refractivity contribution in [3.05, 3.63) is 54.7 Å². The van der Waals surface area contributed by atoms with Gasteiger partial charge in [-0.05, 0) is 36.4 Å². The van der Waals surface area contributed by atoms with Gasteiger partial charge < -0.3 is 15.0 Å². The first kappa shape index (κ1) is 18.7. The number of hydrogen-bond acceptors (Lipinski definition) is 5. The fourth-order valence-corrected chi connectivity index (χ4v) is 3.40. The van der Waals surface area contributed by atoms with Crippen molar-refractivity contribution in [3.63, 3.8) is 0 Å². The second kappa shape index (κ2) is 7.43. The van der Waals surface area contributed by atoms with Crippen molar-refractivity contribution < 1.29 is 22.7 Å². The fourth-order valence-electron chi connectivity index (χ4n) is 2.63. The van der Waals surface area contributed by atoms with Gasteiger partial charge in [-0.2, -0.15) is 0 Å². The standard InChI is InChI=1S/C18H12F3N5O2S/c19-18(20,21)28-14-4-2-1-3-12(14)15-25-26-17(29-15)24-16(27)23-11-5-6-13-10(9-11)7-8-22-13/h1-9,22H,(H2,23,24,26,27). The molecule has 2 amide bonds. The first-order chi connectivity index (χ1) is 13.9. The van der Waals surface area contributed by atoms with E-state index in [0.29, 0.717) is 5.69 Å². The first-order valence-electron chi connectivity index (χ1n) is 8.21. The monoisotopic (exact) mass is 419 g/mol. The summed E-state index contributed by atoms with van der Waals surface area (Å²) in [4.78, 5) is 15.2. The van der Waals surface area contributed by atoms with E-state index in [-0.39, 0.29) is 15.7 Å². The molecule has 0 saturated heterocycles. The fraction of sp³-hybridized carbons (Fsp3) is 0.0556. The van der Waals surface area contributed by atoms with E-state index < -0.39 is 18.1 Å². The van der Waals surface area contributed by atoms with Crippen LogP contribution >= 0.6 is 11.3 Å². The lowest BCUT2D eigenvalue weighted by Crippen LogP contribution is -2.19. The molecule has 0 fully saturated rings. The molecule has 0 radical (unpaired) electrons. The summed E-state index contributed by atoms with van der Waals surface area (Å²) < 4.78 is 41.7. The van der Waals surface area contributed by atoms with Crippen molar-refractivity contribution in [2.24, 2.45) is 0 Å². The third-order valence-electron chi connectivity index (χ3n) is 3.80. The Morgan fingerprint density at radius 1 is 1.07 bits per heavy atom. The molecule has 0 spiro atoms. The Bertz CT molecular complexity index is 1170. The zero-order chi connectivity index (χ0) is 20.4. The summed E-state index contributed by atoms with van der Waals surface area (Å²) in [6.45, 7) is 0. The number of benzene rings is 2. The first-order valence-corrected chi connectivity index (χ1v) is 9.03. The minimum atomic E-state index is -4.83. The van der Waals surface area contributed by atoms with E-state index in [1.807, 2.05) is 12.1 Å². The van der Waals surface area contributed by atoms with Gasteiger partial charge in [-0.25, -0.2) is 4.79 Å². The van der Waals surface area contributed by atoms with Gasteiger partial charge in [0.15, 0.2) is 5.01 Å². The molecule has 0 unspecified atom stereocenters. The number of fused-ring (bicyclic) bond motifs is 1. The topological polar surface area (TPSA) is 91.9 Å². The van der Waals surface area contributed by atoms with Crippen LogP contribution in [0.15, 0.2) is 54.7 Å². The number of carbonyl (C=O) groups is 1. The van der Waals surface area contributed by atoms with E-state index in [4.69, 9.17) is 0 Å². The van der Waals surface area contributed by atoms with E-state index >= 15 is 0 Å². The number of urea groups is 1. The summed E-state index contributed by atoms with van der Waals surface area (Å²) in [7, 11) is 0. The van der Waals surface area contributed by atoms with E-state index in [2.05, 4.69) is 30.6 Å². The van der Waals surface area contributed by atoms with E-state index in [9.17, 15) is 18.0 Å². The molecule has 0 aliphatic carbocycles. The van der Waals surface area contributed by atoms with E-state index in [0.717, 1.165) is 22.2 Å². The number of ether oxygens (including phenoxy) is 1. The lowest BCUT2D eigenvalue weighted by atomic mass is 10.2. The molecule has 4 rings (SSSR count). The third-order valence-corrected chi connectivity index (χ3v) is 4.67. The maximum Gasteiger partial charge on any atom is 0.573 e. The normalized spacial score (nSPS) is 11.4. The zero-order valence-electron chi connectivity index (χ0n) is 14.4. The number of alkyl halides is 3. The van der Waals surface area contributed by atoms with Crippen LogP contribution in [0.5, 0.6) is 5.75 Å². The summed E-state index contributed by atoms with van der Waals surface area (Å²) in [5.74, 6) is -0.396. The number of amides is 2. The number of anilines is 2. The Hall–Kier alpha value is -3.60. The van der Waals surface area contributed by atoms with Crippen LogP contribution in [0.3, 0.4) is 0 Å². The molecule has 0 aliphatic rings. The number of hydrogen-bond donors (Lipinski definition) is 3. The smallest absolute Gasteiger partial charge is 0.405 e. The number of nitrogens with zero attached hydrogens (tertiary/aromatic N) is 2. The molecule has 7 nitrogen and oxygen atoms in total. The number of halogens is 3. The molecular formula is C18H12F3N5O2S. The Labute approximate surface area is 165 Å². The van der Waals surface area contributed by atoms with Gasteiger partial charge in [0.25, 0.3) is 0 Å². The van der Waals surface area contributed by atoms with Crippen LogP contribution in [0, 0.1) is 0 Å². The van der Waals surface area contributed by atoms with Gasteiger partial charge in [-0.3, -0.25) is 5.32 Å². The van der Waals surface area contributed by atoms with Crippen LogP contribution in [0.1, 0.15) is 0 Å². The molecule has 0 bridgehead atoms. The quantitative estimate of drug-likeness (QED) is 0.422. The number of para-hydroxylation sites is 1. The molecule has 2 aromatic heterocycles.